The molecular formula is C17H23N3O4. The van der Waals surface area contributed by atoms with Gasteiger partial charge in [-0.25, -0.2) is 4.98 Å². The zero-order chi connectivity index (χ0) is 17.4. The Morgan fingerprint density at radius 3 is 2.83 bits per heavy atom. The summed E-state index contributed by atoms with van der Waals surface area (Å²) < 4.78 is 11.7. The van der Waals surface area contributed by atoms with E-state index in [1.807, 2.05) is 28.8 Å². The summed E-state index contributed by atoms with van der Waals surface area (Å²) in [6.07, 6.45) is 1.38. The molecule has 0 aliphatic carbocycles. The molecule has 0 aliphatic heterocycles. The van der Waals surface area contributed by atoms with Crippen LogP contribution in [-0.4, -0.2) is 48.3 Å². The number of rotatable bonds is 9. The molecule has 1 aromatic heterocycles. The van der Waals surface area contributed by atoms with Gasteiger partial charge in [0.1, 0.15) is 19.0 Å². The number of esters is 1. The molecule has 7 nitrogen and oxygen atoms in total. The number of nitrogens with one attached hydrogen (secondary N) is 1. The third-order valence-electron chi connectivity index (χ3n) is 3.50. The van der Waals surface area contributed by atoms with Crippen molar-refractivity contribution in [1.29, 1.82) is 0 Å². The number of benzene rings is 1. The molecule has 0 bridgehead atoms. The molecule has 0 fully saturated rings. The highest BCUT2D eigenvalue weighted by molar-refractivity contribution is 5.79. The second kappa shape index (κ2) is 9.02. The monoisotopic (exact) mass is 333 g/mol. The lowest BCUT2D eigenvalue weighted by atomic mass is 10.3. The lowest BCUT2D eigenvalue weighted by Gasteiger charge is -2.09. The minimum Gasteiger partial charge on any atom is -0.465 e. The highest BCUT2D eigenvalue weighted by Crippen LogP contribution is 2.17. The average Bonchev–Trinajstić information content (AvgIpc) is 2.90. The molecule has 1 aromatic carbocycles. The number of aryl methyl sites for hydroxylation is 1. The van der Waals surface area contributed by atoms with Crippen molar-refractivity contribution < 1.29 is 19.1 Å². The van der Waals surface area contributed by atoms with Crippen LogP contribution in [0.3, 0.4) is 0 Å². The highest BCUT2D eigenvalue weighted by atomic mass is 16.5. The number of imidazole rings is 1. The van der Waals surface area contributed by atoms with Crippen LogP contribution in [0, 0.1) is 0 Å². The number of ether oxygens (including phenoxy) is 2. The molecule has 0 spiro atoms. The van der Waals surface area contributed by atoms with Gasteiger partial charge in [0.2, 0.25) is 5.91 Å². The summed E-state index contributed by atoms with van der Waals surface area (Å²) in [6.45, 7) is 2.87. The van der Waals surface area contributed by atoms with Crippen molar-refractivity contribution in [3.8, 4) is 0 Å². The van der Waals surface area contributed by atoms with E-state index in [-0.39, 0.29) is 25.0 Å². The van der Waals surface area contributed by atoms with Gasteiger partial charge in [0.25, 0.3) is 0 Å². The zero-order valence-electron chi connectivity index (χ0n) is 14.1. The SMILES string of the molecule is CCOC(=O)Cn1c(CCCNC(=O)COC)nc2ccccc21. The Morgan fingerprint density at radius 2 is 2.08 bits per heavy atom. The first-order valence-corrected chi connectivity index (χ1v) is 8.01. The second-order valence-electron chi connectivity index (χ2n) is 5.29. The fourth-order valence-corrected chi connectivity index (χ4v) is 2.48. The molecule has 0 saturated heterocycles. The molecule has 0 unspecified atom stereocenters. The fraction of sp³-hybridized carbons (Fsp3) is 0.471. The number of carbonyl (C=O) groups excluding carboxylic acids is 2. The van der Waals surface area contributed by atoms with E-state index in [9.17, 15) is 9.59 Å². The summed E-state index contributed by atoms with van der Waals surface area (Å²) >= 11 is 0. The van der Waals surface area contributed by atoms with Crippen LogP contribution in [0.25, 0.3) is 11.0 Å². The van der Waals surface area contributed by atoms with Crippen LogP contribution >= 0.6 is 0 Å². The van der Waals surface area contributed by atoms with Gasteiger partial charge in [0.05, 0.1) is 17.6 Å². The van der Waals surface area contributed by atoms with Crippen molar-refractivity contribution in [1.82, 2.24) is 14.9 Å². The topological polar surface area (TPSA) is 82.5 Å². The average molecular weight is 333 g/mol. The van der Waals surface area contributed by atoms with Crippen LogP contribution < -0.4 is 5.32 Å². The number of carbonyl (C=O) groups is 2. The van der Waals surface area contributed by atoms with E-state index in [1.54, 1.807) is 6.92 Å². The molecule has 1 amide bonds. The number of fused-ring (bicyclic) bond motifs is 1. The summed E-state index contributed by atoms with van der Waals surface area (Å²) in [5, 5.41) is 2.78. The third kappa shape index (κ3) is 4.79. The first kappa shape index (κ1) is 17.9. The van der Waals surface area contributed by atoms with Crippen LogP contribution in [0.2, 0.25) is 0 Å². The molecule has 0 atom stereocenters. The maximum absolute atomic E-state index is 11.9. The van der Waals surface area contributed by atoms with Gasteiger partial charge in [-0.2, -0.15) is 0 Å². The molecule has 0 radical (unpaired) electrons. The summed E-state index contributed by atoms with van der Waals surface area (Å²) in [4.78, 5) is 27.8. The van der Waals surface area contributed by atoms with Gasteiger partial charge in [-0.15, -0.1) is 0 Å². The van der Waals surface area contributed by atoms with Crippen LogP contribution in [-0.2, 0) is 32.0 Å². The predicted molar refractivity (Wildman–Crippen MR) is 89.6 cm³/mol. The summed E-state index contributed by atoms with van der Waals surface area (Å²) in [5.41, 5.74) is 1.75. The van der Waals surface area contributed by atoms with Gasteiger partial charge in [0, 0.05) is 20.1 Å². The first-order chi connectivity index (χ1) is 11.7. The number of amides is 1. The van der Waals surface area contributed by atoms with Gasteiger partial charge in [-0.1, -0.05) is 12.1 Å². The molecule has 2 rings (SSSR count). The molecule has 0 saturated carbocycles. The summed E-state index contributed by atoms with van der Waals surface area (Å²) in [5.74, 6) is 0.387. The third-order valence-corrected chi connectivity index (χ3v) is 3.50. The van der Waals surface area contributed by atoms with Crippen molar-refractivity contribution in [2.24, 2.45) is 0 Å². The molecule has 1 N–H and O–H groups in total. The molecule has 2 aromatic rings. The number of nitrogens with zero attached hydrogens (tertiary/aromatic N) is 2. The molecule has 24 heavy (non-hydrogen) atoms. The number of para-hydroxylation sites is 2. The van der Waals surface area contributed by atoms with Gasteiger partial charge in [-0.05, 0) is 25.5 Å². The Balaban J connectivity index is 2.05. The summed E-state index contributed by atoms with van der Waals surface area (Å²) in [7, 11) is 1.48. The maximum Gasteiger partial charge on any atom is 0.326 e. The van der Waals surface area contributed by atoms with E-state index < -0.39 is 0 Å². The van der Waals surface area contributed by atoms with Gasteiger partial charge in [0.15, 0.2) is 0 Å². The fourth-order valence-electron chi connectivity index (χ4n) is 2.48. The number of hydrogen-bond acceptors (Lipinski definition) is 5. The number of hydrogen-bond donors (Lipinski definition) is 1. The van der Waals surface area contributed by atoms with Crippen LogP contribution in [0.5, 0.6) is 0 Å². The minimum atomic E-state index is -0.282. The van der Waals surface area contributed by atoms with Gasteiger partial charge < -0.3 is 19.4 Å². The van der Waals surface area contributed by atoms with Crippen molar-refractivity contribution in [2.45, 2.75) is 26.3 Å². The molecule has 1 heterocycles. The van der Waals surface area contributed by atoms with Gasteiger partial charge >= 0.3 is 5.97 Å². The second-order valence-corrected chi connectivity index (χ2v) is 5.29. The molecule has 7 heteroatoms. The lowest BCUT2D eigenvalue weighted by molar-refractivity contribution is -0.143. The Bertz CT molecular complexity index is 696. The number of methoxy groups -OCH3 is 1. The summed E-state index contributed by atoms with van der Waals surface area (Å²) in [6, 6.07) is 7.69. The maximum atomic E-state index is 11.9. The number of aromatic nitrogens is 2. The standard InChI is InChI=1S/C17H23N3O4/c1-3-24-17(22)11-20-14-8-5-4-7-13(14)19-15(20)9-6-10-18-16(21)12-23-2/h4-5,7-8H,3,6,9-12H2,1-2H3,(H,18,21). The Hall–Kier alpha value is -2.41. The Kier molecular flexibility index (Phi) is 6.74. The Labute approximate surface area is 141 Å². The van der Waals surface area contributed by atoms with E-state index >= 15 is 0 Å². The molecule has 0 aliphatic rings. The van der Waals surface area contributed by atoms with Crippen LogP contribution in [0.4, 0.5) is 0 Å². The largest absolute Gasteiger partial charge is 0.465 e. The molecular weight excluding hydrogens is 310 g/mol. The highest BCUT2D eigenvalue weighted by Gasteiger charge is 2.14. The van der Waals surface area contributed by atoms with E-state index in [2.05, 4.69) is 10.3 Å². The van der Waals surface area contributed by atoms with Crippen molar-refractivity contribution in [3.63, 3.8) is 0 Å². The van der Waals surface area contributed by atoms with Crippen LogP contribution in [0.1, 0.15) is 19.2 Å². The minimum absolute atomic E-state index is 0.0569. The van der Waals surface area contributed by atoms with Crippen molar-refractivity contribution in [2.75, 3.05) is 26.9 Å². The predicted octanol–water partition coefficient (Wildman–Crippen LogP) is 1.29. The normalized spacial score (nSPS) is 10.8. The van der Waals surface area contributed by atoms with E-state index in [4.69, 9.17) is 9.47 Å². The Morgan fingerprint density at radius 1 is 1.29 bits per heavy atom. The van der Waals surface area contributed by atoms with E-state index in [0.717, 1.165) is 23.3 Å². The first-order valence-electron chi connectivity index (χ1n) is 8.01. The smallest absolute Gasteiger partial charge is 0.326 e. The van der Waals surface area contributed by atoms with Crippen LogP contribution in [0.15, 0.2) is 24.3 Å². The zero-order valence-corrected chi connectivity index (χ0v) is 14.1. The van der Waals surface area contributed by atoms with Crippen molar-refractivity contribution in [3.05, 3.63) is 30.1 Å². The van der Waals surface area contributed by atoms with E-state index in [1.165, 1.54) is 7.11 Å². The van der Waals surface area contributed by atoms with E-state index in [0.29, 0.717) is 19.6 Å². The van der Waals surface area contributed by atoms with Gasteiger partial charge in [-0.3, -0.25) is 9.59 Å². The van der Waals surface area contributed by atoms with Crippen molar-refractivity contribution >= 4 is 22.9 Å². The molecule has 130 valence electrons. The lowest BCUT2D eigenvalue weighted by Crippen LogP contribution is -2.28. The quantitative estimate of drug-likeness (QED) is 0.552.